The molecule has 7 heteroatoms. The second kappa shape index (κ2) is 5.52. The van der Waals surface area contributed by atoms with Crippen molar-refractivity contribution in [2.45, 2.75) is 32.5 Å². The van der Waals surface area contributed by atoms with E-state index in [9.17, 15) is 22.8 Å². The van der Waals surface area contributed by atoms with Gasteiger partial charge in [0, 0.05) is 0 Å². The Morgan fingerprint density at radius 1 is 1.20 bits per heavy atom. The number of carbonyl (C=O) groups excluding carboxylic acids is 2. The summed E-state index contributed by atoms with van der Waals surface area (Å²) in [6.07, 6.45) is -5.49. The topological polar surface area (TPSA) is 52.6 Å². The Bertz CT molecular complexity index is 515. The van der Waals surface area contributed by atoms with Gasteiger partial charge in [0.1, 0.15) is 11.4 Å². The summed E-state index contributed by atoms with van der Waals surface area (Å²) in [5.74, 6) is -0.496. The molecule has 0 fully saturated rings. The zero-order valence-electron chi connectivity index (χ0n) is 11.1. The number of aldehydes is 1. The van der Waals surface area contributed by atoms with E-state index in [1.165, 1.54) is 0 Å². The van der Waals surface area contributed by atoms with Crippen LogP contribution in [0.1, 0.15) is 36.7 Å². The maximum atomic E-state index is 12.6. The van der Waals surface area contributed by atoms with Gasteiger partial charge in [-0.15, -0.1) is 0 Å². The molecule has 0 radical (unpaired) electrons. The molecule has 0 N–H and O–H groups in total. The lowest BCUT2D eigenvalue weighted by Gasteiger charge is -2.19. The van der Waals surface area contributed by atoms with Crippen LogP contribution in [0.3, 0.4) is 0 Å². The van der Waals surface area contributed by atoms with Crippen LogP contribution in [0.4, 0.5) is 18.0 Å². The fourth-order valence-electron chi connectivity index (χ4n) is 1.26. The van der Waals surface area contributed by atoms with E-state index >= 15 is 0 Å². The number of hydrogen-bond donors (Lipinski definition) is 0. The zero-order valence-corrected chi connectivity index (χ0v) is 11.1. The summed E-state index contributed by atoms with van der Waals surface area (Å²) in [5, 5.41) is 0. The summed E-state index contributed by atoms with van der Waals surface area (Å²) in [4.78, 5) is 22.2. The fraction of sp³-hybridized carbons (Fsp3) is 0.385. The van der Waals surface area contributed by atoms with Crippen LogP contribution in [0.25, 0.3) is 0 Å². The van der Waals surface area contributed by atoms with Crippen molar-refractivity contribution in [1.29, 1.82) is 0 Å². The highest BCUT2D eigenvalue weighted by molar-refractivity contribution is 5.81. The largest absolute Gasteiger partial charge is 0.514 e. The molecule has 0 heterocycles. The maximum Gasteiger partial charge on any atom is 0.514 e. The lowest BCUT2D eigenvalue weighted by atomic mass is 10.1. The van der Waals surface area contributed by atoms with E-state index in [4.69, 9.17) is 4.74 Å². The van der Waals surface area contributed by atoms with E-state index in [1.807, 2.05) is 0 Å². The highest BCUT2D eigenvalue weighted by atomic mass is 19.4. The number of rotatable bonds is 2. The molecule has 0 aromatic heterocycles. The first-order chi connectivity index (χ1) is 9.03. The van der Waals surface area contributed by atoms with Gasteiger partial charge in [0.15, 0.2) is 6.29 Å². The average Bonchev–Trinajstić information content (AvgIpc) is 2.24. The molecular weight excluding hydrogens is 277 g/mol. The lowest BCUT2D eigenvalue weighted by molar-refractivity contribution is -0.137. The molecule has 110 valence electrons. The van der Waals surface area contributed by atoms with E-state index < -0.39 is 29.2 Å². The third-order valence-electron chi connectivity index (χ3n) is 2.05. The number of benzene rings is 1. The zero-order chi connectivity index (χ0) is 15.6. The predicted molar refractivity (Wildman–Crippen MR) is 63.7 cm³/mol. The highest BCUT2D eigenvalue weighted by Crippen LogP contribution is 2.33. The van der Waals surface area contributed by atoms with E-state index in [2.05, 4.69) is 4.74 Å². The number of alkyl halides is 3. The van der Waals surface area contributed by atoms with Crippen molar-refractivity contribution < 1.29 is 32.2 Å². The molecule has 20 heavy (non-hydrogen) atoms. The monoisotopic (exact) mass is 290 g/mol. The molecule has 4 nitrogen and oxygen atoms in total. The van der Waals surface area contributed by atoms with Crippen LogP contribution in [-0.4, -0.2) is 18.0 Å². The molecule has 1 rings (SSSR count). The van der Waals surface area contributed by atoms with Gasteiger partial charge in [-0.3, -0.25) is 4.79 Å². The Kier molecular flexibility index (Phi) is 4.42. The van der Waals surface area contributed by atoms with Gasteiger partial charge in [0.25, 0.3) is 0 Å². The standard InChI is InChI=1S/C13H13F3O4/c1-12(2,3)20-11(18)19-10-6-9(13(14,15)16)5-4-8(10)7-17/h4-7H,1-3H3. The first kappa shape index (κ1) is 16.0. The second-order valence-electron chi connectivity index (χ2n) is 4.93. The maximum absolute atomic E-state index is 12.6. The van der Waals surface area contributed by atoms with Crippen molar-refractivity contribution in [1.82, 2.24) is 0 Å². The Hall–Kier alpha value is -2.05. The number of carbonyl (C=O) groups is 2. The molecule has 0 bridgehead atoms. The van der Waals surface area contributed by atoms with Gasteiger partial charge < -0.3 is 9.47 Å². The highest BCUT2D eigenvalue weighted by Gasteiger charge is 2.31. The van der Waals surface area contributed by atoms with Crippen LogP contribution in [0.15, 0.2) is 18.2 Å². The van der Waals surface area contributed by atoms with Crippen molar-refractivity contribution in [3.05, 3.63) is 29.3 Å². The molecule has 0 amide bonds. The van der Waals surface area contributed by atoms with Gasteiger partial charge in [-0.1, -0.05) is 0 Å². The Morgan fingerprint density at radius 2 is 1.80 bits per heavy atom. The van der Waals surface area contributed by atoms with Crippen molar-refractivity contribution in [3.8, 4) is 5.75 Å². The summed E-state index contributed by atoms with van der Waals surface area (Å²) in [7, 11) is 0. The number of halogens is 3. The summed E-state index contributed by atoms with van der Waals surface area (Å²) in [6, 6.07) is 2.23. The van der Waals surface area contributed by atoms with Gasteiger partial charge in [0.05, 0.1) is 11.1 Å². The molecule has 0 aliphatic rings. The summed E-state index contributed by atoms with van der Waals surface area (Å²) in [6.45, 7) is 4.71. The molecule has 0 spiro atoms. The van der Waals surface area contributed by atoms with Gasteiger partial charge in [-0.05, 0) is 39.0 Å². The van der Waals surface area contributed by atoms with Gasteiger partial charge in [-0.2, -0.15) is 13.2 Å². The Labute approximate surface area is 113 Å². The molecule has 0 aliphatic heterocycles. The SMILES string of the molecule is CC(C)(C)OC(=O)Oc1cc(C(F)(F)F)ccc1C=O. The molecular formula is C13H13F3O4. The van der Waals surface area contributed by atoms with E-state index in [0.29, 0.717) is 12.4 Å². The molecule has 1 aromatic rings. The van der Waals surface area contributed by atoms with Crippen LogP contribution in [0, 0.1) is 0 Å². The van der Waals surface area contributed by atoms with Crippen LogP contribution in [-0.2, 0) is 10.9 Å². The quantitative estimate of drug-likeness (QED) is 0.472. The summed E-state index contributed by atoms with van der Waals surface area (Å²) in [5.41, 5.74) is -2.06. The first-order valence-corrected chi connectivity index (χ1v) is 5.60. The summed E-state index contributed by atoms with van der Waals surface area (Å²) >= 11 is 0. The minimum Gasteiger partial charge on any atom is -0.428 e. The predicted octanol–water partition coefficient (Wildman–Crippen LogP) is 3.83. The van der Waals surface area contributed by atoms with Crippen LogP contribution < -0.4 is 4.74 Å². The van der Waals surface area contributed by atoms with Crippen LogP contribution in [0.2, 0.25) is 0 Å². The molecule has 1 aromatic carbocycles. The van der Waals surface area contributed by atoms with E-state index in [0.717, 1.165) is 12.1 Å². The van der Waals surface area contributed by atoms with Gasteiger partial charge >= 0.3 is 12.3 Å². The van der Waals surface area contributed by atoms with Crippen LogP contribution >= 0.6 is 0 Å². The van der Waals surface area contributed by atoms with Crippen molar-refractivity contribution in [2.24, 2.45) is 0 Å². The average molecular weight is 290 g/mol. The third kappa shape index (κ3) is 4.56. The van der Waals surface area contributed by atoms with E-state index in [1.54, 1.807) is 20.8 Å². The number of ether oxygens (including phenoxy) is 2. The molecule has 0 atom stereocenters. The molecule has 0 saturated heterocycles. The minimum atomic E-state index is -4.60. The van der Waals surface area contributed by atoms with Crippen LogP contribution in [0.5, 0.6) is 5.75 Å². The Morgan fingerprint density at radius 3 is 2.25 bits per heavy atom. The van der Waals surface area contributed by atoms with Crippen molar-refractivity contribution in [3.63, 3.8) is 0 Å². The smallest absolute Gasteiger partial charge is 0.428 e. The fourth-order valence-corrected chi connectivity index (χ4v) is 1.26. The normalized spacial score (nSPS) is 11.9. The van der Waals surface area contributed by atoms with Crippen molar-refractivity contribution >= 4 is 12.4 Å². The lowest BCUT2D eigenvalue weighted by Crippen LogP contribution is -2.26. The Balaban J connectivity index is 3.03. The van der Waals surface area contributed by atoms with E-state index in [-0.39, 0.29) is 5.56 Å². The van der Waals surface area contributed by atoms with Crippen molar-refractivity contribution in [2.75, 3.05) is 0 Å². The molecule has 0 saturated carbocycles. The molecule has 0 aliphatic carbocycles. The third-order valence-corrected chi connectivity index (χ3v) is 2.05. The summed E-state index contributed by atoms with van der Waals surface area (Å²) < 4.78 is 47.1. The molecule has 0 unspecified atom stereocenters. The first-order valence-electron chi connectivity index (χ1n) is 5.60. The van der Waals surface area contributed by atoms with Gasteiger partial charge in [-0.25, -0.2) is 4.79 Å². The van der Waals surface area contributed by atoms with Gasteiger partial charge in [0.2, 0.25) is 0 Å². The second-order valence-corrected chi connectivity index (χ2v) is 4.93. The minimum absolute atomic E-state index is 0.177. The number of hydrogen-bond acceptors (Lipinski definition) is 4.